The van der Waals surface area contributed by atoms with Gasteiger partial charge >= 0.3 is 0 Å². The summed E-state index contributed by atoms with van der Waals surface area (Å²) in [5.74, 6) is 0.388. The van der Waals surface area contributed by atoms with E-state index in [-0.39, 0.29) is 23.6 Å². The lowest BCUT2D eigenvalue weighted by atomic mass is 9.98. The van der Waals surface area contributed by atoms with E-state index in [1.54, 1.807) is 6.07 Å². The molecule has 2 N–H and O–H groups in total. The van der Waals surface area contributed by atoms with Crippen molar-refractivity contribution in [3.63, 3.8) is 0 Å². The summed E-state index contributed by atoms with van der Waals surface area (Å²) in [7, 11) is 0. The Bertz CT molecular complexity index is 498. The molecule has 2 fully saturated rings. The molecule has 0 aromatic heterocycles. The largest absolute Gasteiger partial charge is 0.491 e. The number of hydrogen-bond donors (Lipinski definition) is 1. The Morgan fingerprint density at radius 1 is 1.38 bits per heavy atom. The predicted molar refractivity (Wildman–Crippen MR) is 79.8 cm³/mol. The molecule has 1 aromatic rings. The SMILES string of the molecule is C[C@@H](N)c1cc(F)ccc1OCC1CCC2(CCCC2)O1. The molecule has 3 nitrogen and oxygen atoms in total. The molecule has 116 valence electrons. The molecule has 4 heteroatoms. The van der Waals surface area contributed by atoms with Crippen LogP contribution in [-0.4, -0.2) is 18.3 Å². The third kappa shape index (κ3) is 3.22. The summed E-state index contributed by atoms with van der Waals surface area (Å²) in [5, 5.41) is 0. The summed E-state index contributed by atoms with van der Waals surface area (Å²) in [4.78, 5) is 0. The van der Waals surface area contributed by atoms with Crippen LogP contribution >= 0.6 is 0 Å². The van der Waals surface area contributed by atoms with Crippen molar-refractivity contribution in [3.8, 4) is 5.75 Å². The van der Waals surface area contributed by atoms with Crippen LogP contribution in [0.5, 0.6) is 5.75 Å². The van der Waals surface area contributed by atoms with Gasteiger partial charge in [-0.1, -0.05) is 12.8 Å². The molecule has 1 unspecified atom stereocenters. The lowest BCUT2D eigenvalue weighted by molar-refractivity contribution is -0.0510. The van der Waals surface area contributed by atoms with Gasteiger partial charge in [0.2, 0.25) is 0 Å². The molecular weight excluding hydrogens is 269 g/mol. The van der Waals surface area contributed by atoms with Gasteiger partial charge in [0.1, 0.15) is 18.2 Å². The second-order valence-electron chi connectivity index (χ2n) is 6.45. The Morgan fingerprint density at radius 3 is 2.86 bits per heavy atom. The first-order valence-corrected chi connectivity index (χ1v) is 7.94. The molecule has 1 spiro atoms. The van der Waals surface area contributed by atoms with Crippen molar-refractivity contribution in [1.82, 2.24) is 0 Å². The Morgan fingerprint density at radius 2 is 2.14 bits per heavy atom. The lowest BCUT2D eigenvalue weighted by Gasteiger charge is -2.24. The minimum atomic E-state index is -0.281. The minimum Gasteiger partial charge on any atom is -0.491 e. The third-order valence-corrected chi connectivity index (χ3v) is 4.74. The van der Waals surface area contributed by atoms with Gasteiger partial charge in [-0.3, -0.25) is 0 Å². The zero-order valence-corrected chi connectivity index (χ0v) is 12.6. The number of hydrogen-bond acceptors (Lipinski definition) is 3. The maximum atomic E-state index is 13.3. The zero-order chi connectivity index (χ0) is 14.9. The molecule has 1 aliphatic heterocycles. The molecule has 3 rings (SSSR count). The number of rotatable bonds is 4. The Hall–Kier alpha value is -1.13. The van der Waals surface area contributed by atoms with E-state index in [1.165, 1.54) is 37.8 Å². The highest BCUT2D eigenvalue weighted by molar-refractivity contribution is 5.36. The maximum absolute atomic E-state index is 13.3. The fourth-order valence-electron chi connectivity index (χ4n) is 3.59. The summed E-state index contributed by atoms with van der Waals surface area (Å²) >= 11 is 0. The Labute approximate surface area is 125 Å². The quantitative estimate of drug-likeness (QED) is 0.920. The van der Waals surface area contributed by atoms with Crippen molar-refractivity contribution < 1.29 is 13.9 Å². The molecular formula is C17H24FNO2. The van der Waals surface area contributed by atoms with Crippen molar-refractivity contribution in [2.75, 3.05) is 6.61 Å². The van der Waals surface area contributed by atoms with Gasteiger partial charge in [0, 0.05) is 11.6 Å². The van der Waals surface area contributed by atoms with Gasteiger partial charge in [-0.2, -0.15) is 0 Å². The monoisotopic (exact) mass is 293 g/mol. The van der Waals surface area contributed by atoms with E-state index < -0.39 is 0 Å². The van der Waals surface area contributed by atoms with Crippen LogP contribution in [0.4, 0.5) is 4.39 Å². The first-order chi connectivity index (χ1) is 10.1. The zero-order valence-electron chi connectivity index (χ0n) is 12.6. The highest BCUT2D eigenvalue weighted by atomic mass is 19.1. The van der Waals surface area contributed by atoms with Crippen LogP contribution in [0.25, 0.3) is 0 Å². The van der Waals surface area contributed by atoms with Gasteiger partial charge in [0.25, 0.3) is 0 Å². The molecule has 21 heavy (non-hydrogen) atoms. The molecule has 0 bridgehead atoms. The van der Waals surface area contributed by atoms with Crippen molar-refractivity contribution in [3.05, 3.63) is 29.6 Å². The highest BCUT2D eigenvalue weighted by Gasteiger charge is 2.42. The summed E-state index contributed by atoms with van der Waals surface area (Å²) in [6, 6.07) is 4.28. The van der Waals surface area contributed by atoms with Gasteiger partial charge in [0.05, 0.1) is 11.7 Å². The predicted octanol–water partition coefficient (Wildman–Crippen LogP) is 3.72. The van der Waals surface area contributed by atoms with E-state index in [0.29, 0.717) is 17.9 Å². The maximum Gasteiger partial charge on any atom is 0.124 e. The average molecular weight is 293 g/mol. The van der Waals surface area contributed by atoms with Gasteiger partial charge in [-0.15, -0.1) is 0 Å². The number of ether oxygens (including phenoxy) is 2. The van der Waals surface area contributed by atoms with Gasteiger partial charge in [-0.25, -0.2) is 4.39 Å². The summed E-state index contributed by atoms with van der Waals surface area (Å²) in [6.45, 7) is 2.36. The van der Waals surface area contributed by atoms with E-state index in [0.717, 1.165) is 12.8 Å². The summed E-state index contributed by atoms with van der Waals surface area (Å²) in [6.07, 6.45) is 7.27. The van der Waals surface area contributed by atoms with E-state index >= 15 is 0 Å². The first-order valence-electron chi connectivity index (χ1n) is 7.94. The van der Waals surface area contributed by atoms with Crippen molar-refractivity contribution in [2.45, 2.75) is 63.2 Å². The fourth-order valence-corrected chi connectivity index (χ4v) is 3.59. The second-order valence-corrected chi connectivity index (χ2v) is 6.45. The van der Waals surface area contributed by atoms with E-state index in [9.17, 15) is 4.39 Å². The van der Waals surface area contributed by atoms with Crippen LogP contribution in [0.15, 0.2) is 18.2 Å². The van der Waals surface area contributed by atoms with Crippen LogP contribution in [-0.2, 0) is 4.74 Å². The molecule has 2 aliphatic rings. The number of halogens is 1. The summed E-state index contributed by atoms with van der Waals surface area (Å²) < 4.78 is 25.4. The fraction of sp³-hybridized carbons (Fsp3) is 0.647. The summed E-state index contributed by atoms with van der Waals surface area (Å²) in [5.41, 5.74) is 6.72. The molecule has 2 atom stereocenters. The molecule has 1 aromatic carbocycles. The van der Waals surface area contributed by atoms with Crippen molar-refractivity contribution in [2.24, 2.45) is 5.73 Å². The number of benzene rings is 1. The van der Waals surface area contributed by atoms with Crippen molar-refractivity contribution in [1.29, 1.82) is 0 Å². The minimum absolute atomic E-state index is 0.126. The third-order valence-electron chi connectivity index (χ3n) is 4.74. The van der Waals surface area contributed by atoms with Crippen molar-refractivity contribution >= 4 is 0 Å². The van der Waals surface area contributed by atoms with Gasteiger partial charge in [0.15, 0.2) is 0 Å². The van der Waals surface area contributed by atoms with Crippen LogP contribution in [0, 0.1) is 5.82 Å². The molecule has 1 aliphatic carbocycles. The van der Waals surface area contributed by atoms with E-state index in [1.807, 2.05) is 6.92 Å². The normalized spacial score (nSPS) is 25.4. The molecule has 1 heterocycles. The average Bonchev–Trinajstić information content (AvgIpc) is 3.08. The highest BCUT2D eigenvalue weighted by Crippen LogP contribution is 2.43. The van der Waals surface area contributed by atoms with Gasteiger partial charge in [-0.05, 0) is 50.8 Å². The second kappa shape index (κ2) is 5.93. The van der Waals surface area contributed by atoms with E-state index in [2.05, 4.69) is 0 Å². The molecule has 1 saturated carbocycles. The van der Waals surface area contributed by atoms with Crippen LogP contribution < -0.4 is 10.5 Å². The lowest BCUT2D eigenvalue weighted by Crippen LogP contribution is -2.27. The Kier molecular flexibility index (Phi) is 4.18. The molecule has 0 amide bonds. The van der Waals surface area contributed by atoms with Crippen LogP contribution in [0.3, 0.4) is 0 Å². The smallest absolute Gasteiger partial charge is 0.124 e. The van der Waals surface area contributed by atoms with Crippen LogP contribution in [0.1, 0.15) is 57.1 Å². The standard InChI is InChI=1S/C17H24FNO2/c1-12(19)15-10-13(18)4-5-16(15)20-11-14-6-9-17(21-14)7-2-3-8-17/h4-5,10,12,14H,2-3,6-9,11,19H2,1H3/t12-,14?/m1/s1. The topological polar surface area (TPSA) is 44.5 Å². The Balaban J connectivity index is 1.61. The first kappa shape index (κ1) is 14.8. The molecule has 0 radical (unpaired) electrons. The number of nitrogens with two attached hydrogens (primary N) is 1. The van der Waals surface area contributed by atoms with Crippen LogP contribution in [0.2, 0.25) is 0 Å². The van der Waals surface area contributed by atoms with E-state index in [4.69, 9.17) is 15.2 Å². The molecule has 1 saturated heterocycles. The van der Waals surface area contributed by atoms with Gasteiger partial charge < -0.3 is 15.2 Å².